The molecular weight excluding hydrogens is 228 g/mol. The molecule has 0 bridgehead atoms. The fourth-order valence-electron chi connectivity index (χ4n) is 1.16. The summed E-state index contributed by atoms with van der Waals surface area (Å²) >= 11 is 0. The number of nitrogens with zero attached hydrogens (tertiary/aromatic N) is 3. The first-order valence-electron chi connectivity index (χ1n) is 5.06. The lowest BCUT2D eigenvalue weighted by Crippen LogP contribution is -2.32. The summed E-state index contributed by atoms with van der Waals surface area (Å²) in [6.07, 6.45) is 1.54. The molecule has 1 aromatic rings. The van der Waals surface area contributed by atoms with Crippen molar-refractivity contribution in [2.75, 3.05) is 6.61 Å². The second-order valence-electron chi connectivity index (χ2n) is 3.36. The van der Waals surface area contributed by atoms with Crippen LogP contribution in [0.25, 0.3) is 0 Å². The second-order valence-corrected chi connectivity index (χ2v) is 3.36. The van der Waals surface area contributed by atoms with E-state index in [9.17, 15) is 9.59 Å². The van der Waals surface area contributed by atoms with Crippen molar-refractivity contribution in [1.82, 2.24) is 15.0 Å². The minimum atomic E-state index is -1.11. The van der Waals surface area contributed by atoms with Crippen LogP contribution in [-0.2, 0) is 27.3 Å². The number of carbonyl (C=O) groups is 2. The molecular formula is C9H14N4O4. The summed E-state index contributed by atoms with van der Waals surface area (Å²) in [4.78, 5) is 21.6. The van der Waals surface area contributed by atoms with Crippen LogP contribution < -0.4 is 5.73 Å². The third-order valence-corrected chi connectivity index (χ3v) is 1.93. The van der Waals surface area contributed by atoms with E-state index < -0.39 is 18.0 Å². The van der Waals surface area contributed by atoms with E-state index in [0.717, 1.165) is 0 Å². The van der Waals surface area contributed by atoms with Crippen molar-refractivity contribution in [1.29, 1.82) is 0 Å². The van der Waals surface area contributed by atoms with Gasteiger partial charge in [-0.1, -0.05) is 5.21 Å². The van der Waals surface area contributed by atoms with Gasteiger partial charge in [0.25, 0.3) is 0 Å². The number of esters is 1. The molecule has 0 radical (unpaired) electrons. The third kappa shape index (κ3) is 4.19. The summed E-state index contributed by atoms with van der Waals surface area (Å²) in [5, 5.41) is 16.0. The molecule has 0 spiro atoms. The van der Waals surface area contributed by atoms with Gasteiger partial charge in [-0.25, -0.2) is 4.68 Å². The van der Waals surface area contributed by atoms with Crippen LogP contribution in [0.1, 0.15) is 12.6 Å². The third-order valence-electron chi connectivity index (χ3n) is 1.93. The highest BCUT2D eigenvalue weighted by Gasteiger charge is 2.15. The molecule has 1 aromatic heterocycles. The fourth-order valence-corrected chi connectivity index (χ4v) is 1.16. The van der Waals surface area contributed by atoms with Gasteiger partial charge in [0.05, 0.1) is 12.3 Å². The van der Waals surface area contributed by atoms with Crippen molar-refractivity contribution < 1.29 is 19.4 Å². The molecule has 0 saturated carbocycles. The smallest absolute Gasteiger partial charge is 0.327 e. The number of hydrogen-bond acceptors (Lipinski definition) is 6. The van der Waals surface area contributed by atoms with Crippen LogP contribution in [0.15, 0.2) is 6.20 Å². The Morgan fingerprint density at radius 2 is 2.35 bits per heavy atom. The van der Waals surface area contributed by atoms with E-state index in [0.29, 0.717) is 12.3 Å². The van der Waals surface area contributed by atoms with Crippen LogP contribution in [0.4, 0.5) is 0 Å². The Kier molecular flexibility index (Phi) is 4.58. The minimum Gasteiger partial charge on any atom is -0.480 e. The van der Waals surface area contributed by atoms with Gasteiger partial charge in [0, 0.05) is 12.6 Å². The van der Waals surface area contributed by atoms with Gasteiger partial charge in [-0.15, -0.1) is 5.10 Å². The topological polar surface area (TPSA) is 120 Å². The first-order valence-corrected chi connectivity index (χ1v) is 5.06. The molecule has 0 aliphatic rings. The SMILES string of the molecule is CCOC(=O)Cn1cc(C[C@H](N)C(=O)O)nn1. The lowest BCUT2D eigenvalue weighted by atomic mass is 10.2. The van der Waals surface area contributed by atoms with Crippen LogP contribution in [0.2, 0.25) is 0 Å². The molecule has 1 rings (SSSR count). The van der Waals surface area contributed by atoms with Crippen molar-refractivity contribution in [3.8, 4) is 0 Å². The summed E-state index contributed by atoms with van der Waals surface area (Å²) in [6, 6.07) is -1.03. The highest BCUT2D eigenvalue weighted by Crippen LogP contribution is 1.98. The lowest BCUT2D eigenvalue weighted by molar-refractivity contribution is -0.144. The normalized spacial score (nSPS) is 12.1. The molecule has 0 aliphatic heterocycles. The molecule has 8 nitrogen and oxygen atoms in total. The quantitative estimate of drug-likeness (QED) is 0.601. The molecule has 0 aliphatic carbocycles. The minimum absolute atomic E-state index is 0.0524. The van der Waals surface area contributed by atoms with Crippen molar-refractivity contribution in [2.45, 2.75) is 25.9 Å². The maximum atomic E-state index is 11.1. The zero-order chi connectivity index (χ0) is 12.8. The van der Waals surface area contributed by atoms with Gasteiger partial charge in [-0.3, -0.25) is 9.59 Å². The number of rotatable bonds is 6. The Bertz CT molecular complexity index is 403. The van der Waals surface area contributed by atoms with Crippen molar-refractivity contribution >= 4 is 11.9 Å². The maximum absolute atomic E-state index is 11.1. The summed E-state index contributed by atoms with van der Waals surface area (Å²) < 4.78 is 6.01. The van der Waals surface area contributed by atoms with E-state index in [1.165, 1.54) is 10.9 Å². The number of nitrogens with two attached hydrogens (primary N) is 1. The molecule has 3 N–H and O–H groups in total. The Hall–Kier alpha value is -1.96. The number of carboxylic acids is 1. The molecule has 1 atom stereocenters. The first kappa shape index (κ1) is 13.1. The highest BCUT2D eigenvalue weighted by atomic mass is 16.5. The predicted octanol–water partition coefficient (Wildman–Crippen LogP) is -1.20. The van der Waals surface area contributed by atoms with Gasteiger partial charge in [0.1, 0.15) is 12.6 Å². The van der Waals surface area contributed by atoms with Crippen molar-refractivity contribution in [2.24, 2.45) is 5.73 Å². The molecule has 17 heavy (non-hydrogen) atoms. The number of ether oxygens (including phenoxy) is 1. The van der Waals surface area contributed by atoms with Gasteiger partial charge in [-0.05, 0) is 6.92 Å². The molecule has 0 aromatic carbocycles. The Labute approximate surface area is 97.4 Å². The van der Waals surface area contributed by atoms with Crippen molar-refractivity contribution in [3.63, 3.8) is 0 Å². The number of hydrogen-bond donors (Lipinski definition) is 2. The van der Waals surface area contributed by atoms with E-state index in [1.807, 2.05) is 0 Å². The van der Waals surface area contributed by atoms with Crippen LogP contribution >= 0.6 is 0 Å². The summed E-state index contributed by atoms with van der Waals surface area (Å²) in [5.41, 5.74) is 5.76. The molecule has 0 amide bonds. The number of carbonyl (C=O) groups excluding carboxylic acids is 1. The molecule has 0 saturated heterocycles. The Balaban J connectivity index is 2.53. The molecule has 0 fully saturated rings. The summed E-state index contributed by atoms with van der Waals surface area (Å²) in [7, 11) is 0. The van der Waals surface area contributed by atoms with Gasteiger partial charge >= 0.3 is 11.9 Å². The van der Waals surface area contributed by atoms with Crippen LogP contribution in [-0.4, -0.2) is 44.7 Å². The van der Waals surface area contributed by atoms with E-state index in [4.69, 9.17) is 15.6 Å². The predicted molar refractivity (Wildman–Crippen MR) is 56.0 cm³/mol. The van der Waals surface area contributed by atoms with Crippen LogP contribution in [0.3, 0.4) is 0 Å². The average molecular weight is 242 g/mol. The number of aliphatic carboxylic acids is 1. The molecule has 94 valence electrons. The van der Waals surface area contributed by atoms with E-state index >= 15 is 0 Å². The Morgan fingerprint density at radius 1 is 1.65 bits per heavy atom. The number of carboxylic acid groups (broad SMARTS) is 1. The molecule has 1 heterocycles. The van der Waals surface area contributed by atoms with Crippen LogP contribution in [0.5, 0.6) is 0 Å². The fraction of sp³-hybridized carbons (Fsp3) is 0.556. The van der Waals surface area contributed by atoms with Crippen molar-refractivity contribution in [3.05, 3.63) is 11.9 Å². The summed E-state index contributed by atoms with van der Waals surface area (Å²) in [5.74, 6) is -1.53. The van der Waals surface area contributed by atoms with Gasteiger partial charge in [-0.2, -0.15) is 0 Å². The Morgan fingerprint density at radius 3 is 2.94 bits per heavy atom. The highest BCUT2D eigenvalue weighted by molar-refractivity contribution is 5.73. The van der Waals surface area contributed by atoms with Gasteiger partial charge in [0.15, 0.2) is 0 Å². The van der Waals surface area contributed by atoms with Gasteiger partial charge in [0.2, 0.25) is 0 Å². The first-order chi connectivity index (χ1) is 8.02. The second kappa shape index (κ2) is 5.94. The number of aromatic nitrogens is 3. The summed E-state index contributed by atoms with van der Waals surface area (Å²) in [6.45, 7) is 1.95. The lowest BCUT2D eigenvalue weighted by Gasteiger charge is -2.02. The molecule has 0 unspecified atom stereocenters. The zero-order valence-corrected chi connectivity index (χ0v) is 9.37. The standard InChI is InChI=1S/C9H14N4O4/c1-2-17-8(14)5-13-4-6(11-12-13)3-7(10)9(15)16/h4,7H,2-3,5,10H2,1H3,(H,15,16)/t7-/m0/s1. The maximum Gasteiger partial charge on any atom is 0.327 e. The van der Waals surface area contributed by atoms with Gasteiger partial charge < -0.3 is 15.6 Å². The van der Waals surface area contributed by atoms with Crippen LogP contribution in [0, 0.1) is 0 Å². The average Bonchev–Trinajstić information content (AvgIpc) is 2.65. The van der Waals surface area contributed by atoms with E-state index in [-0.39, 0.29) is 13.0 Å². The zero-order valence-electron chi connectivity index (χ0n) is 9.37. The largest absolute Gasteiger partial charge is 0.480 e. The monoisotopic (exact) mass is 242 g/mol. The van der Waals surface area contributed by atoms with E-state index in [1.54, 1.807) is 6.92 Å². The molecule has 8 heteroatoms. The van der Waals surface area contributed by atoms with E-state index in [2.05, 4.69) is 10.3 Å².